The van der Waals surface area contributed by atoms with Crippen molar-refractivity contribution >= 4 is 21.4 Å². The summed E-state index contributed by atoms with van der Waals surface area (Å²) in [5.74, 6) is -0.0498. The van der Waals surface area contributed by atoms with Crippen LogP contribution in [0.2, 0.25) is 0 Å². The molecule has 3 rings (SSSR count). The highest BCUT2D eigenvalue weighted by molar-refractivity contribution is 7.92. The lowest BCUT2D eigenvalue weighted by Crippen LogP contribution is -2.18. The summed E-state index contributed by atoms with van der Waals surface area (Å²) in [6.07, 6.45) is 2.26. The predicted molar refractivity (Wildman–Crippen MR) is 91.6 cm³/mol. The van der Waals surface area contributed by atoms with E-state index in [0.717, 1.165) is 43.8 Å². The fourth-order valence-corrected chi connectivity index (χ4v) is 3.83. The van der Waals surface area contributed by atoms with Crippen molar-refractivity contribution in [1.29, 1.82) is 0 Å². The van der Waals surface area contributed by atoms with Gasteiger partial charge in [-0.15, -0.1) is 0 Å². The number of methoxy groups -OCH3 is 1. The molecule has 1 fully saturated rings. The van der Waals surface area contributed by atoms with Crippen LogP contribution in [0.4, 0.5) is 15.8 Å². The molecule has 24 heavy (non-hydrogen) atoms. The SMILES string of the molecule is COc1ccc(N2CCCC2)cc1NS(=O)(=O)c1ccc(F)cc1. The van der Waals surface area contributed by atoms with E-state index in [9.17, 15) is 12.8 Å². The van der Waals surface area contributed by atoms with E-state index >= 15 is 0 Å². The van der Waals surface area contributed by atoms with Gasteiger partial charge in [0.2, 0.25) is 0 Å². The molecular weight excluding hydrogens is 331 g/mol. The Balaban J connectivity index is 1.92. The van der Waals surface area contributed by atoms with Gasteiger partial charge in [-0.1, -0.05) is 0 Å². The van der Waals surface area contributed by atoms with Crippen molar-refractivity contribution in [3.8, 4) is 5.75 Å². The van der Waals surface area contributed by atoms with Crippen LogP contribution in [0.5, 0.6) is 5.75 Å². The molecule has 2 aromatic rings. The molecule has 0 saturated carbocycles. The van der Waals surface area contributed by atoms with Crippen LogP contribution >= 0.6 is 0 Å². The summed E-state index contributed by atoms with van der Waals surface area (Å²) in [4.78, 5) is 2.20. The average Bonchev–Trinajstić information content (AvgIpc) is 3.09. The maximum Gasteiger partial charge on any atom is 0.262 e. The molecule has 1 aliphatic heterocycles. The fourth-order valence-electron chi connectivity index (χ4n) is 2.77. The normalized spacial score (nSPS) is 14.7. The van der Waals surface area contributed by atoms with Gasteiger partial charge in [-0.3, -0.25) is 4.72 Å². The minimum atomic E-state index is -3.82. The molecule has 5 nitrogen and oxygen atoms in total. The summed E-state index contributed by atoms with van der Waals surface area (Å²) in [5.41, 5.74) is 1.32. The Kier molecular flexibility index (Phi) is 4.62. The average molecular weight is 350 g/mol. The molecule has 0 spiro atoms. The van der Waals surface area contributed by atoms with Crippen molar-refractivity contribution in [1.82, 2.24) is 0 Å². The van der Waals surface area contributed by atoms with Crippen molar-refractivity contribution in [3.05, 3.63) is 48.3 Å². The van der Waals surface area contributed by atoms with Crippen molar-refractivity contribution in [2.75, 3.05) is 29.8 Å². The summed E-state index contributed by atoms with van der Waals surface area (Å²) in [5, 5.41) is 0. The third-order valence-electron chi connectivity index (χ3n) is 4.02. The molecule has 0 atom stereocenters. The highest BCUT2D eigenvalue weighted by atomic mass is 32.2. The monoisotopic (exact) mass is 350 g/mol. The van der Waals surface area contributed by atoms with Gasteiger partial charge in [-0.05, 0) is 55.3 Å². The third-order valence-corrected chi connectivity index (χ3v) is 5.40. The van der Waals surface area contributed by atoms with Gasteiger partial charge in [0.15, 0.2) is 0 Å². The number of ether oxygens (including phenoxy) is 1. The number of nitrogens with one attached hydrogen (secondary N) is 1. The number of hydrogen-bond donors (Lipinski definition) is 1. The molecule has 128 valence electrons. The first-order valence-electron chi connectivity index (χ1n) is 7.71. The van der Waals surface area contributed by atoms with E-state index in [2.05, 4.69) is 9.62 Å². The van der Waals surface area contributed by atoms with Crippen LogP contribution in [0.3, 0.4) is 0 Å². The van der Waals surface area contributed by atoms with Gasteiger partial charge in [0, 0.05) is 18.8 Å². The zero-order valence-electron chi connectivity index (χ0n) is 13.3. The standard InChI is InChI=1S/C17H19FN2O3S/c1-23-17-9-6-14(20-10-2-3-11-20)12-16(17)19-24(21,22)15-7-4-13(18)5-8-15/h4-9,12,19H,2-3,10-11H2,1H3. The van der Waals surface area contributed by atoms with E-state index in [-0.39, 0.29) is 4.90 Å². The van der Waals surface area contributed by atoms with Crippen LogP contribution in [0.15, 0.2) is 47.4 Å². The van der Waals surface area contributed by atoms with Gasteiger partial charge in [0.25, 0.3) is 10.0 Å². The molecule has 0 bridgehead atoms. The van der Waals surface area contributed by atoms with Crippen molar-refractivity contribution in [2.24, 2.45) is 0 Å². The Morgan fingerprint density at radius 2 is 1.75 bits per heavy atom. The first kappa shape index (κ1) is 16.6. The molecule has 1 saturated heterocycles. The Labute approximate surface area is 141 Å². The van der Waals surface area contributed by atoms with E-state index < -0.39 is 15.8 Å². The largest absolute Gasteiger partial charge is 0.495 e. The van der Waals surface area contributed by atoms with Crippen LogP contribution in [0, 0.1) is 5.82 Å². The molecule has 2 aromatic carbocycles. The summed E-state index contributed by atoms with van der Waals surface area (Å²) in [7, 11) is -2.33. The summed E-state index contributed by atoms with van der Waals surface area (Å²) in [6.45, 7) is 1.91. The minimum absolute atomic E-state index is 0.00229. The molecule has 1 N–H and O–H groups in total. The molecule has 0 aromatic heterocycles. The molecule has 0 amide bonds. The first-order valence-corrected chi connectivity index (χ1v) is 9.19. The van der Waals surface area contributed by atoms with E-state index in [1.54, 1.807) is 12.1 Å². The Hall–Kier alpha value is -2.28. The zero-order valence-corrected chi connectivity index (χ0v) is 14.1. The molecule has 0 unspecified atom stereocenters. The van der Waals surface area contributed by atoms with Crippen LogP contribution in [0.25, 0.3) is 0 Å². The lowest BCUT2D eigenvalue weighted by molar-refractivity contribution is 0.417. The van der Waals surface area contributed by atoms with Gasteiger partial charge in [0.1, 0.15) is 11.6 Å². The smallest absolute Gasteiger partial charge is 0.262 e. The minimum Gasteiger partial charge on any atom is -0.495 e. The highest BCUT2D eigenvalue weighted by Crippen LogP contribution is 2.32. The number of halogens is 1. The maximum absolute atomic E-state index is 13.0. The van der Waals surface area contributed by atoms with Crippen molar-refractivity contribution in [3.63, 3.8) is 0 Å². The molecule has 7 heteroatoms. The Morgan fingerprint density at radius 3 is 2.38 bits per heavy atom. The van der Waals surface area contributed by atoms with Gasteiger partial charge in [0.05, 0.1) is 17.7 Å². The number of anilines is 2. The van der Waals surface area contributed by atoms with Crippen LogP contribution in [-0.2, 0) is 10.0 Å². The Morgan fingerprint density at radius 1 is 1.08 bits per heavy atom. The van der Waals surface area contributed by atoms with Gasteiger partial charge < -0.3 is 9.64 Å². The third kappa shape index (κ3) is 3.46. The Bertz CT molecular complexity index is 816. The van der Waals surface area contributed by atoms with E-state index in [1.165, 1.54) is 19.2 Å². The maximum atomic E-state index is 13.0. The van der Waals surface area contributed by atoms with Gasteiger partial charge in [-0.2, -0.15) is 0 Å². The predicted octanol–water partition coefficient (Wildman–Crippen LogP) is 3.24. The zero-order chi connectivity index (χ0) is 17.2. The lowest BCUT2D eigenvalue weighted by Gasteiger charge is -2.20. The second-order valence-electron chi connectivity index (χ2n) is 5.64. The molecular formula is C17H19FN2O3S. The number of sulfonamides is 1. The van der Waals surface area contributed by atoms with Gasteiger partial charge >= 0.3 is 0 Å². The number of benzene rings is 2. The number of hydrogen-bond acceptors (Lipinski definition) is 4. The van der Waals surface area contributed by atoms with Gasteiger partial charge in [-0.25, -0.2) is 12.8 Å². The summed E-state index contributed by atoms with van der Waals surface area (Å²) >= 11 is 0. The second-order valence-corrected chi connectivity index (χ2v) is 7.32. The number of rotatable bonds is 5. The van der Waals surface area contributed by atoms with Crippen molar-refractivity contribution < 1.29 is 17.5 Å². The topological polar surface area (TPSA) is 58.6 Å². The lowest BCUT2D eigenvalue weighted by atomic mass is 10.2. The fraction of sp³-hybridized carbons (Fsp3) is 0.294. The molecule has 1 heterocycles. The van der Waals surface area contributed by atoms with Crippen LogP contribution in [-0.4, -0.2) is 28.6 Å². The first-order chi connectivity index (χ1) is 11.5. The molecule has 0 aliphatic carbocycles. The number of nitrogens with zero attached hydrogens (tertiary/aromatic N) is 1. The van der Waals surface area contributed by atoms with E-state index in [1.807, 2.05) is 6.07 Å². The quantitative estimate of drug-likeness (QED) is 0.899. The van der Waals surface area contributed by atoms with E-state index in [4.69, 9.17) is 4.74 Å². The highest BCUT2D eigenvalue weighted by Gasteiger charge is 2.19. The van der Waals surface area contributed by atoms with Crippen molar-refractivity contribution in [2.45, 2.75) is 17.7 Å². The second kappa shape index (κ2) is 6.68. The van der Waals surface area contributed by atoms with E-state index in [0.29, 0.717) is 11.4 Å². The summed E-state index contributed by atoms with van der Waals surface area (Å²) < 4.78 is 45.8. The molecule has 1 aliphatic rings. The molecule has 0 radical (unpaired) electrons. The van der Waals surface area contributed by atoms with Crippen LogP contribution < -0.4 is 14.4 Å². The summed E-state index contributed by atoms with van der Waals surface area (Å²) in [6, 6.07) is 10.1. The van der Waals surface area contributed by atoms with Crippen LogP contribution in [0.1, 0.15) is 12.8 Å².